The van der Waals surface area contributed by atoms with E-state index in [0.29, 0.717) is 86.0 Å². The molecule has 1 aliphatic carbocycles. The lowest BCUT2D eigenvalue weighted by molar-refractivity contribution is 0.0122. The molecule has 2 amide bonds. The van der Waals surface area contributed by atoms with Crippen molar-refractivity contribution in [1.82, 2.24) is 20.2 Å². The molecular weight excluding hydrogens is 925 g/mol. The average molecular weight is 991 g/mol. The standard InChI is InChI=1S/C51H66BrF2N5O6Si/c1-29(2)66(30(3)4,31(5)6)22-19-36-39(53)18-15-32-23-35(63-28-62-13)24-37(40(32)36)44-43(54)41-38(25-55-44)46(58-26-33-16-17-34(27-58)59(33)48(61)65-50(10,11)12)56-45(42(41)52)51(20-14-21-51)57-47(60)64-49(7,8)9/h15,18,23-25,29-31,33-34H,14,16-17,20-21,26-28H2,1-13H3,(H,57,60). The molecule has 1 N–H and O–H groups in total. The first-order valence-corrected chi connectivity index (χ1v) is 26.3. The summed E-state index contributed by atoms with van der Waals surface area (Å²) >= 11 is 3.83. The molecule has 0 radical (unpaired) electrons. The van der Waals surface area contributed by atoms with Crippen LogP contribution in [-0.2, 0) is 19.7 Å². The summed E-state index contributed by atoms with van der Waals surface area (Å²) in [4.78, 5) is 41.2. The van der Waals surface area contributed by atoms with E-state index in [0.717, 1.165) is 19.3 Å². The number of nitrogens with one attached hydrogen (secondary N) is 1. The van der Waals surface area contributed by atoms with E-state index in [4.69, 9.17) is 28.9 Å². The Hall–Kier alpha value is -4.52. The predicted molar refractivity (Wildman–Crippen MR) is 263 cm³/mol. The lowest BCUT2D eigenvalue weighted by atomic mass is 9.73. The first-order chi connectivity index (χ1) is 30.9. The summed E-state index contributed by atoms with van der Waals surface area (Å²) in [5, 5.41) is 4.78. The van der Waals surface area contributed by atoms with Crippen molar-refractivity contribution >= 4 is 63.6 Å². The van der Waals surface area contributed by atoms with Gasteiger partial charge in [0.2, 0.25) is 0 Å². The van der Waals surface area contributed by atoms with Crippen molar-refractivity contribution < 1.29 is 37.3 Å². The highest BCUT2D eigenvalue weighted by molar-refractivity contribution is 9.10. The van der Waals surface area contributed by atoms with Gasteiger partial charge in [0.05, 0.1) is 33.4 Å². The highest BCUT2D eigenvalue weighted by atomic mass is 79.9. The molecule has 4 aromatic rings. The lowest BCUT2D eigenvalue weighted by Crippen LogP contribution is -2.57. The third kappa shape index (κ3) is 9.35. The summed E-state index contributed by atoms with van der Waals surface area (Å²) in [6.45, 7) is 25.0. The number of carbonyl (C=O) groups excluding carboxylic acids is 2. The molecule has 1 saturated carbocycles. The molecule has 356 valence electrons. The number of fused-ring (bicyclic) bond motifs is 4. The van der Waals surface area contributed by atoms with Gasteiger partial charge in [-0.1, -0.05) is 53.5 Å². The molecule has 2 aliphatic heterocycles. The summed E-state index contributed by atoms with van der Waals surface area (Å²) in [7, 11) is -0.828. The van der Waals surface area contributed by atoms with Crippen molar-refractivity contribution in [3.8, 4) is 28.5 Å². The van der Waals surface area contributed by atoms with Crippen LogP contribution in [0.5, 0.6) is 5.75 Å². The van der Waals surface area contributed by atoms with Gasteiger partial charge < -0.3 is 29.2 Å². The van der Waals surface area contributed by atoms with E-state index in [1.54, 1.807) is 45.2 Å². The number of anilines is 1. The van der Waals surface area contributed by atoms with Gasteiger partial charge in [0, 0.05) is 48.1 Å². The molecule has 4 heterocycles. The molecule has 7 rings (SSSR count). The Bertz CT molecular complexity index is 2560. The number of benzene rings is 2. The largest absolute Gasteiger partial charge is 0.468 e. The van der Waals surface area contributed by atoms with Crippen molar-refractivity contribution in [2.45, 2.75) is 161 Å². The summed E-state index contributed by atoms with van der Waals surface area (Å²) in [6, 6.07) is 6.16. The lowest BCUT2D eigenvalue weighted by Gasteiger charge is -2.44. The number of aromatic nitrogens is 2. The fraction of sp³-hybridized carbons (Fsp3) is 0.569. The smallest absolute Gasteiger partial charge is 0.410 e. The Morgan fingerprint density at radius 1 is 0.939 bits per heavy atom. The minimum absolute atomic E-state index is 0.0366. The zero-order valence-corrected chi connectivity index (χ0v) is 43.4. The normalized spacial score (nSPS) is 18.5. The monoisotopic (exact) mass is 989 g/mol. The van der Waals surface area contributed by atoms with E-state index < -0.39 is 42.5 Å². The molecule has 2 aromatic carbocycles. The number of rotatable bonds is 10. The van der Waals surface area contributed by atoms with Gasteiger partial charge >= 0.3 is 12.2 Å². The van der Waals surface area contributed by atoms with Crippen LogP contribution in [0.1, 0.15) is 126 Å². The SMILES string of the molecule is COCOc1cc(-c2ncc3c(N4CC5CCC(C4)N5C(=O)OC(C)(C)C)nc(C4(NC(=O)OC(C)(C)C)CCC4)c(Br)c3c2F)c2c(C#C[Si](C(C)C)(C(C)C)C(C)C)c(F)ccc2c1. The van der Waals surface area contributed by atoms with Crippen LogP contribution in [0.2, 0.25) is 16.6 Å². The third-order valence-electron chi connectivity index (χ3n) is 13.6. The van der Waals surface area contributed by atoms with Gasteiger partial charge in [-0.05, 0) is 130 Å². The van der Waals surface area contributed by atoms with Crippen LogP contribution < -0.4 is 15.0 Å². The van der Waals surface area contributed by atoms with E-state index in [1.165, 1.54) is 13.2 Å². The fourth-order valence-electron chi connectivity index (χ4n) is 10.6. The highest BCUT2D eigenvalue weighted by Crippen LogP contribution is 2.49. The summed E-state index contributed by atoms with van der Waals surface area (Å²) in [5.41, 5.74) is 3.07. The van der Waals surface area contributed by atoms with Crippen LogP contribution >= 0.6 is 15.9 Å². The van der Waals surface area contributed by atoms with Crippen LogP contribution in [0, 0.1) is 23.1 Å². The predicted octanol–water partition coefficient (Wildman–Crippen LogP) is 12.5. The number of nitrogens with zero attached hydrogens (tertiary/aromatic N) is 4. The van der Waals surface area contributed by atoms with Crippen LogP contribution in [0.15, 0.2) is 34.9 Å². The van der Waals surface area contributed by atoms with Gasteiger partial charge in [-0.2, -0.15) is 0 Å². The minimum Gasteiger partial charge on any atom is -0.468 e. The van der Waals surface area contributed by atoms with Gasteiger partial charge in [-0.25, -0.2) is 23.4 Å². The highest BCUT2D eigenvalue weighted by Gasteiger charge is 2.48. The first kappa shape index (κ1) is 49.4. The van der Waals surface area contributed by atoms with Gasteiger partial charge in [0.25, 0.3) is 0 Å². The zero-order valence-electron chi connectivity index (χ0n) is 40.8. The number of piperazine rings is 1. The van der Waals surface area contributed by atoms with Crippen molar-refractivity contribution in [2.24, 2.45) is 0 Å². The molecule has 3 fully saturated rings. The molecule has 15 heteroatoms. The summed E-state index contributed by atoms with van der Waals surface area (Å²) < 4.78 is 58.0. The number of alkyl carbamates (subject to hydrolysis) is 1. The topological polar surface area (TPSA) is 115 Å². The second kappa shape index (κ2) is 18.5. The maximum absolute atomic E-state index is 18.4. The Morgan fingerprint density at radius 3 is 2.11 bits per heavy atom. The number of methoxy groups -OCH3 is 1. The van der Waals surface area contributed by atoms with Gasteiger partial charge in [0.1, 0.15) is 42.4 Å². The van der Waals surface area contributed by atoms with Gasteiger partial charge in [-0.15, -0.1) is 5.54 Å². The number of carbonyl (C=O) groups is 2. The van der Waals surface area contributed by atoms with Crippen LogP contribution in [0.25, 0.3) is 32.8 Å². The number of hydrogen-bond acceptors (Lipinski definition) is 9. The molecular formula is C51H66BrF2N5O6Si. The number of amides is 2. The maximum Gasteiger partial charge on any atom is 0.410 e. The van der Waals surface area contributed by atoms with Gasteiger partial charge in [0.15, 0.2) is 12.6 Å². The van der Waals surface area contributed by atoms with Crippen LogP contribution in [0.3, 0.4) is 0 Å². The van der Waals surface area contributed by atoms with Gasteiger partial charge in [-0.3, -0.25) is 9.88 Å². The second-order valence-corrected chi connectivity index (χ2v) is 27.6. The molecule has 3 aliphatic rings. The van der Waals surface area contributed by atoms with Crippen molar-refractivity contribution in [1.29, 1.82) is 0 Å². The molecule has 2 aromatic heterocycles. The Kier molecular flexibility index (Phi) is 13.9. The Morgan fingerprint density at radius 2 is 1.56 bits per heavy atom. The number of halogens is 3. The molecule has 2 atom stereocenters. The fourth-order valence-corrected chi connectivity index (χ4v) is 16.7. The van der Waals surface area contributed by atoms with E-state index in [9.17, 15) is 9.59 Å². The molecule has 11 nitrogen and oxygen atoms in total. The van der Waals surface area contributed by atoms with E-state index in [1.807, 2.05) is 25.7 Å². The first-order valence-electron chi connectivity index (χ1n) is 23.3. The van der Waals surface area contributed by atoms with Crippen LogP contribution in [-0.4, -0.2) is 85.4 Å². The minimum atomic E-state index is -2.34. The summed E-state index contributed by atoms with van der Waals surface area (Å²) in [6.07, 6.45) is 4.08. The Labute approximate surface area is 398 Å². The quantitative estimate of drug-likeness (QED) is 0.0942. The van der Waals surface area contributed by atoms with Crippen molar-refractivity contribution in [3.05, 3.63) is 57.8 Å². The Balaban J connectivity index is 1.48. The molecule has 2 unspecified atom stereocenters. The molecule has 2 saturated heterocycles. The number of pyridine rings is 2. The van der Waals surface area contributed by atoms with E-state index in [2.05, 4.69) is 79.2 Å². The second-order valence-electron chi connectivity index (χ2n) is 21.2. The molecule has 2 bridgehead atoms. The maximum atomic E-state index is 18.4. The average Bonchev–Trinajstić information content (AvgIpc) is 3.47. The number of hydrogen-bond donors (Lipinski definition) is 1. The van der Waals surface area contributed by atoms with E-state index in [-0.39, 0.29) is 41.6 Å². The molecule has 0 spiro atoms. The van der Waals surface area contributed by atoms with E-state index >= 15 is 8.78 Å². The van der Waals surface area contributed by atoms with Crippen LogP contribution in [0.4, 0.5) is 24.2 Å². The number of ether oxygens (including phenoxy) is 4. The molecule has 66 heavy (non-hydrogen) atoms. The van der Waals surface area contributed by atoms with Crippen molar-refractivity contribution in [3.63, 3.8) is 0 Å². The zero-order chi connectivity index (χ0) is 48.3. The summed E-state index contributed by atoms with van der Waals surface area (Å²) in [5.74, 6) is 3.03. The van der Waals surface area contributed by atoms with Crippen molar-refractivity contribution in [2.75, 3.05) is 31.9 Å². The third-order valence-corrected chi connectivity index (χ3v) is 20.7.